The van der Waals surface area contributed by atoms with Crippen molar-refractivity contribution in [1.82, 2.24) is 5.32 Å². The Kier molecular flexibility index (Phi) is 4.94. The second kappa shape index (κ2) is 5.75. The van der Waals surface area contributed by atoms with E-state index < -0.39 is 0 Å². The van der Waals surface area contributed by atoms with E-state index in [0.717, 1.165) is 17.8 Å². The summed E-state index contributed by atoms with van der Waals surface area (Å²) in [5.74, 6) is 2.92. The second-order valence-electron chi connectivity index (χ2n) is 5.60. The molecular formula is C13H27N. The topological polar surface area (TPSA) is 12.0 Å². The van der Waals surface area contributed by atoms with E-state index in [2.05, 4.69) is 33.1 Å². The molecule has 0 saturated heterocycles. The zero-order valence-electron chi connectivity index (χ0n) is 10.3. The molecule has 0 spiro atoms. The Bertz CT molecular complexity index is 153. The summed E-state index contributed by atoms with van der Waals surface area (Å²) >= 11 is 0. The molecule has 1 aliphatic rings. The van der Waals surface area contributed by atoms with Gasteiger partial charge in [0.15, 0.2) is 0 Å². The van der Waals surface area contributed by atoms with Gasteiger partial charge in [-0.3, -0.25) is 0 Å². The first-order chi connectivity index (χ1) is 6.61. The molecule has 3 unspecified atom stereocenters. The fourth-order valence-electron chi connectivity index (χ4n) is 2.89. The van der Waals surface area contributed by atoms with Crippen molar-refractivity contribution < 1.29 is 0 Å². The van der Waals surface area contributed by atoms with Crippen molar-refractivity contribution in [2.75, 3.05) is 7.05 Å². The molecule has 1 fully saturated rings. The maximum absolute atomic E-state index is 3.35. The van der Waals surface area contributed by atoms with Gasteiger partial charge in [0.2, 0.25) is 0 Å². The van der Waals surface area contributed by atoms with Crippen molar-refractivity contribution in [3.8, 4) is 0 Å². The van der Waals surface area contributed by atoms with Crippen molar-refractivity contribution in [3.63, 3.8) is 0 Å². The van der Waals surface area contributed by atoms with Gasteiger partial charge in [0.05, 0.1) is 0 Å². The van der Waals surface area contributed by atoms with E-state index in [4.69, 9.17) is 0 Å². The molecule has 1 nitrogen and oxygen atoms in total. The van der Waals surface area contributed by atoms with E-state index >= 15 is 0 Å². The number of rotatable bonds is 5. The number of hydrogen-bond acceptors (Lipinski definition) is 1. The van der Waals surface area contributed by atoms with E-state index in [0.29, 0.717) is 6.04 Å². The minimum Gasteiger partial charge on any atom is -0.317 e. The van der Waals surface area contributed by atoms with Gasteiger partial charge < -0.3 is 5.32 Å². The van der Waals surface area contributed by atoms with E-state index in [9.17, 15) is 0 Å². The predicted octanol–water partition coefficient (Wildman–Crippen LogP) is 3.45. The molecule has 0 aromatic heterocycles. The Morgan fingerprint density at radius 2 is 1.64 bits per heavy atom. The average molecular weight is 197 g/mol. The van der Waals surface area contributed by atoms with E-state index in [-0.39, 0.29) is 0 Å². The van der Waals surface area contributed by atoms with Crippen molar-refractivity contribution in [1.29, 1.82) is 0 Å². The maximum atomic E-state index is 3.35. The Morgan fingerprint density at radius 3 is 2.14 bits per heavy atom. The highest BCUT2D eigenvalue weighted by Gasteiger charge is 2.25. The van der Waals surface area contributed by atoms with Gasteiger partial charge >= 0.3 is 0 Å². The number of hydrogen-bond donors (Lipinski definition) is 1. The Balaban J connectivity index is 2.20. The normalized spacial score (nSPS) is 29.8. The highest BCUT2D eigenvalue weighted by atomic mass is 14.8. The lowest BCUT2D eigenvalue weighted by molar-refractivity contribution is 0.376. The fraction of sp³-hybridized carbons (Fsp3) is 1.00. The molecule has 0 bridgehead atoms. The third-order valence-electron chi connectivity index (χ3n) is 3.63. The molecular weight excluding hydrogens is 170 g/mol. The van der Waals surface area contributed by atoms with Crippen LogP contribution in [0.1, 0.15) is 52.9 Å². The van der Waals surface area contributed by atoms with E-state index in [1.165, 1.54) is 32.1 Å². The van der Waals surface area contributed by atoms with Crippen LogP contribution in [0.3, 0.4) is 0 Å². The summed E-state index contributed by atoms with van der Waals surface area (Å²) < 4.78 is 0. The molecule has 1 N–H and O–H groups in total. The Morgan fingerprint density at radius 1 is 1.07 bits per heavy atom. The lowest BCUT2D eigenvalue weighted by atomic mass is 9.93. The second-order valence-corrected chi connectivity index (χ2v) is 5.60. The molecule has 1 heteroatoms. The van der Waals surface area contributed by atoms with Gasteiger partial charge in [-0.05, 0) is 51.0 Å². The lowest BCUT2D eigenvalue weighted by Gasteiger charge is -2.16. The van der Waals surface area contributed by atoms with Gasteiger partial charge in [-0.15, -0.1) is 0 Å². The Labute approximate surface area is 89.7 Å². The van der Waals surface area contributed by atoms with Crippen LogP contribution in [0.4, 0.5) is 0 Å². The third-order valence-corrected chi connectivity index (χ3v) is 3.63. The van der Waals surface area contributed by atoms with Crippen molar-refractivity contribution in [2.45, 2.75) is 58.9 Å². The third kappa shape index (κ3) is 4.00. The quantitative estimate of drug-likeness (QED) is 0.712. The van der Waals surface area contributed by atoms with Gasteiger partial charge in [0.25, 0.3) is 0 Å². The molecule has 1 aliphatic carbocycles. The molecule has 0 heterocycles. The predicted molar refractivity (Wildman–Crippen MR) is 63.4 cm³/mol. The number of nitrogens with one attached hydrogen (secondary N) is 1. The van der Waals surface area contributed by atoms with E-state index in [1.807, 2.05) is 0 Å². The van der Waals surface area contributed by atoms with Gasteiger partial charge in [-0.2, -0.15) is 0 Å². The van der Waals surface area contributed by atoms with Crippen molar-refractivity contribution >= 4 is 0 Å². The van der Waals surface area contributed by atoms with Gasteiger partial charge in [0, 0.05) is 6.04 Å². The smallest absolute Gasteiger partial charge is 0.00383 e. The monoisotopic (exact) mass is 197 g/mol. The van der Waals surface area contributed by atoms with Crippen LogP contribution in [0.25, 0.3) is 0 Å². The van der Waals surface area contributed by atoms with Gasteiger partial charge in [-0.25, -0.2) is 0 Å². The molecule has 0 aromatic carbocycles. The minimum absolute atomic E-state index is 0.706. The van der Waals surface area contributed by atoms with Crippen molar-refractivity contribution in [2.24, 2.45) is 17.8 Å². The van der Waals surface area contributed by atoms with Gasteiger partial charge in [0.1, 0.15) is 0 Å². The Hall–Kier alpha value is -0.0400. The molecule has 84 valence electrons. The summed E-state index contributed by atoms with van der Waals surface area (Å²) in [5, 5.41) is 3.35. The first kappa shape index (κ1) is 12.0. The molecule has 0 aliphatic heterocycles. The summed E-state index contributed by atoms with van der Waals surface area (Å²) in [6.07, 6.45) is 7.28. The standard InChI is InChI=1S/C13H27N/c1-10(2)7-12-5-6-13(9-12)8-11(3)14-4/h10-14H,5-9H2,1-4H3. The molecule has 1 saturated carbocycles. The van der Waals surface area contributed by atoms with Crippen molar-refractivity contribution in [3.05, 3.63) is 0 Å². The summed E-state index contributed by atoms with van der Waals surface area (Å²) in [4.78, 5) is 0. The summed E-state index contributed by atoms with van der Waals surface area (Å²) in [5.41, 5.74) is 0. The molecule has 1 rings (SSSR count). The molecule has 0 amide bonds. The maximum Gasteiger partial charge on any atom is 0.00383 e. The summed E-state index contributed by atoms with van der Waals surface area (Å²) in [6.45, 7) is 7.00. The fourth-order valence-corrected chi connectivity index (χ4v) is 2.89. The molecule has 3 atom stereocenters. The highest BCUT2D eigenvalue weighted by molar-refractivity contribution is 4.78. The van der Waals surface area contributed by atoms with Crippen LogP contribution < -0.4 is 5.32 Å². The summed E-state index contributed by atoms with van der Waals surface area (Å²) in [6, 6.07) is 0.706. The van der Waals surface area contributed by atoms with Crippen LogP contribution in [0.15, 0.2) is 0 Å². The first-order valence-corrected chi connectivity index (χ1v) is 6.29. The van der Waals surface area contributed by atoms with E-state index in [1.54, 1.807) is 0 Å². The molecule has 0 radical (unpaired) electrons. The van der Waals surface area contributed by atoms with Crippen LogP contribution in [-0.2, 0) is 0 Å². The molecule has 14 heavy (non-hydrogen) atoms. The first-order valence-electron chi connectivity index (χ1n) is 6.29. The summed E-state index contributed by atoms with van der Waals surface area (Å²) in [7, 11) is 2.07. The van der Waals surface area contributed by atoms with Gasteiger partial charge in [-0.1, -0.05) is 26.7 Å². The van der Waals surface area contributed by atoms with Crippen LogP contribution in [-0.4, -0.2) is 13.1 Å². The molecule has 0 aromatic rings. The van der Waals surface area contributed by atoms with Crippen LogP contribution in [0.2, 0.25) is 0 Å². The SMILES string of the molecule is CNC(C)CC1CCC(CC(C)C)C1. The largest absolute Gasteiger partial charge is 0.317 e. The van der Waals surface area contributed by atoms with Crippen LogP contribution in [0, 0.1) is 17.8 Å². The lowest BCUT2D eigenvalue weighted by Crippen LogP contribution is -2.23. The van der Waals surface area contributed by atoms with Crippen LogP contribution >= 0.6 is 0 Å². The zero-order valence-corrected chi connectivity index (χ0v) is 10.3. The highest BCUT2D eigenvalue weighted by Crippen LogP contribution is 2.37. The minimum atomic E-state index is 0.706. The van der Waals surface area contributed by atoms with Crippen LogP contribution in [0.5, 0.6) is 0 Å². The zero-order chi connectivity index (χ0) is 10.6. The average Bonchev–Trinajstić information content (AvgIpc) is 2.51.